The molecular formula is C26H37N5O. The topological polar surface area (TPSA) is 53.5 Å². The van der Waals surface area contributed by atoms with Crippen LogP contribution in [0.5, 0.6) is 5.75 Å². The Morgan fingerprint density at radius 1 is 0.938 bits per heavy atom. The van der Waals surface area contributed by atoms with E-state index in [1.54, 1.807) is 7.11 Å². The first kappa shape index (κ1) is 23.8. The molecule has 1 heterocycles. The van der Waals surface area contributed by atoms with Crippen LogP contribution in [-0.2, 0) is 0 Å². The SMILES string of the molecule is COc1ccc(N(C)c2nc(NCCCN(C)CCCC(C)C)nc3ccccc23)cc1. The fraction of sp³-hybridized carbons (Fsp3) is 0.462. The third-order valence-corrected chi connectivity index (χ3v) is 5.68. The Balaban J connectivity index is 1.66. The zero-order valence-electron chi connectivity index (χ0n) is 20.1. The lowest BCUT2D eigenvalue weighted by Gasteiger charge is -2.21. The third-order valence-electron chi connectivity index (χ3n) is 5.68. The van der Waals surface area contributed by atoms with E-state index < -0.39 is 0 Å². The van der Waals surface area contributed by atoms with Crippen molar-refractivity contribution in [3.63, 3.8) is 0 Å². The standard InChI is InChI=1S/C26H37N5O/c1-20(2)10-8-18-30(3)19-9-17-27-26-28-24-12-7-6-11-23(24)25(29-26)31(4)21-13-15-22(32-5)16-14-21/h6-7,11-16,20H,8-10,17-19H2,1-5H3,(H,27,28,29). The highest BCUT2D eigenvalue weighted by atomic mass is 16.5. The molecule has 0 amide bonds. The second kappa shape index (κ2) is 11.7. The Morgan fingerprint density at radius 2 is 1.66 bits per heavy atom. The van der Waals surface area contributed by atoms with E-state index in [9.17, 15) is 0 Å². The molecule has 3 aromatic rings. The first-order valence-corrected chi connectivity index (χ1v) is 11.5. The number of anilines is 3. The Hall–Kier alpha value is -2.86. The van der Waals surface area contributed by atoms with Crippen molar-refractivity contribution in [2.45, 2.75) is 33.1 Å². The van der Waals surface area contributed by atoms with Gasteiger partial charge in [-0.15, -0.1) is 0 Å². The number of hydrogen-bond acceptors (Lipinski definition) is 6. The van der Waals surface area contributed by atoms with Gasteiger partial charge in [0.15, 0.2) is 0 Å². The molecule has 0 bridgehead atoms. The highest BCUT2D eigenvalue weighted by molar-refractivity contribution is 5.92. The number of hydrogen-bond donors (Lipinski definition) is 1. The van der Waals surface area contributed by atoms with Crippen LogP contribution in [0, 0.1) is 5.92 Å². The lowest BCUT2D eigenvalue weighted by molar-refractivity contribution is 0.316. The number of fused-ring (bicyclic) bond motifs is 1. The molecule has 0 unspecified atom stereocenters. The van der Waals surface area contributed by atoms with Gasteiger partial charge in [0.25, 0.3) is 0 Å². The van der Waals surface area contributed by atoms with Gasteiger partial charge in [0.1, 0.15) is 11.6 Å². The Kier molecular flexibility index (Phi) is 8.68. The lowest BCUT2D eigenvalue weighted by atomic mass is 10.1. The van der Waals surface area contributed by atoms with E-state index in [0.717, 1.165) is 60.1 Å². The van der Waals surface area contributed by atoms with Gasteiger partial charge in [0.05, 0.1) is 12.6 Å². The van der Waals surface area contributed by atoms with E-state index >= 15 is 0 Å². The van der Waals surface area contributed by atoms with Crippen LogP contribution in [-0.4, -0.2) is 55.7 Å². The van der Waals surface area contributed by atoms with E-state index in [0.29, 0.717) is 5.95 Å². The summed E-state index contributed by atoms with van der Waals surface area (Å²) in [5.41, 5.74) is 1.98. The summed E-state index contributed by atoms with van der Waals surface area (Å²) in [5, 5.41) is 4.46. The van der Waals surface area contributed by atoms with Gasteiger partial charge in [-0.3, -0.25) is 0 Å². The highest BCUT2D eigenvalue weighted by Crippen LogP contribution is 2.30. The van der Waals surface area contributed by atoms with Crippen molar-refractivity contribution in [2.24, 2.45) is 5.92 Å². The molecule has 32 heavy (non-hydrogen) atoms. The van der Waals surface area contributed by atoms with Gasteiger partial charge < -0.3 is 19.9 Å². The minimum absolute atomic E-state index is 0.668. The predicted octanol–water partition coefficient (Wildman–Crippen LogP) is 5.58. The summed E-state index contributed by atoms with van der Waals surface area (Å²) in [6.45, 7) is 7.64. The summed E-state index contributed by atoms with van der Waals surface area (Å²) in [6, 6.07) is 16.2. The maximum absolute atomic E-state index is 5.29. The second-order valence-corrected chi connectivity index (χ2v) is 8.76. The minimum Gasteiger partial charge on any atom is -0.497 e. The van der Waals surface area contributed by atoms with E-state index in [4.69, 9.17) is 14.7 Å². The van der Waals surface area contributed by atoms with E-state index in [-0.39, 0.29) is 0 Å². The van der Waals surface area contributed by atoms with Crippen molar-refractivity contribution in [1.82, 2.24) is 14.9 Å². The average Bonchev–Trinajstić information content (AvgIpc) is 2.80. The Bertz CT molecular complexity index is 974. The monoisotopic (exact) mass is 435 g/mol. The number of nitrogens with one attached hydrogen (secondary N) is 1. The van der Waals surface area contributed by atoms with Crippen LogP contribution in [0.3, 0.4) is 0 Å². The van der Waals surface area contributed by atoms with Crippen LogP contribution >= 0.6 is 0 Å². The molecule has 6 nitrogen and oxygen atoms in total. The summed E-state index contributed by atoms with van der Waals surface area (Å²) in [4.78, 5) is 14.1. The quantitative estimate of drug-likeness (QED) is 0.375. The predicted molar refractivity (Wildman–Crippen MR) is 135 cm³/mol. The fourth-order valence-electron chi connectivity index (χ4n) is 3.75. The normalized spacial score (nSPS) is 11.3. The summed E-state index contributed by atoms with van der Waals surface area (Å²) in [5.74, 6) is 3.17. The van der Waals surface area contributed by atoms with Crippen LogP contribution in [0.15, 0.2) is 48.5 Å². The molecule has 0 aliphatic rings. The van der Waals surface area contributed by atoms with Crippen molar-refractivity contribution in [3.05, 3.63) is 48.5 Å². The molecule has 6 heteroatoms. The lowest BCUT2D eigenvalue weighted by Crippen LogP contribution is -2.23. The van der Waals surface area contributed by atoms with E-state index in [1.807, 2.05) is 49.5 Å². The average molecular weight is 436 g/mol. The van der Waals surface area contributed by atoms with Crippen LogP contribution in [0.1, 0.15) is 33.1 Å². The first-order chi connectivity index (χ1) is 15.5. The molecule has 0 atom stereocenters. The number of ether oxygens (including phenoxy) is 1. The number of benzene rings is 2. The third kappa shape index (κ3) is 6.57. The number of para-hydroxylation sites is 1. The highest BCUT2D eigenvalue weighted by Gasteiger charge is 2.13. The maximum Gasteiger partial charge on any atom is 0.225 e. The van der Waals surface area contributed by atoms with Gasteiger partial charge in [-0.2, -0.15) is 4.98 Å². The molecule has 0 spiro atoms. The van der Waals surface area contributed by atoms with Crippen molar-refractivity contribution in [1.29, 1.82) is 0 Å². The van der Waals surface area contributed by atoms with Gasteiger partial charge in [-0.05, 0) is 81.7 Å². The second-order valence-electron chi connectivity index (χ2n) is 8.76. The number of rotatable bonds is 12. The van der Waals surface area contributed by atoms with Crippen molar-refractivity contribution < 1.29 is 4.74 Å². The molecule has 3 rings (SSSR count). The van der Waals surface area contributed by atoms with Crippen molar-refractivity contribution >= 4 is 28.4 Å². The van der Waals surface area contributed by atoms with Crippen molar-refractivity contribution in [2.75, 3.05) is 51.1 Å². The summed E-state index contributed by atoms with van der Waals surface area (Å²) < 4.78 is 5.29. The van der Waals surface area contributed by atoms with Crippen molar-refractivity contribution in [3.8, 4) is 5.75 Å². The van der Waals surface area contributed by atoms with E-state index in [1.165, 1.54) is 12.8 Å². The van der Waals surface area contributed by atoms with Gasteiger partial charge in [0.2, 0.25) is 5.95 Å². The minimum atomic E-state index is 0.668. The number of nitrogens with zero attached hydrogens (tertiary/aromatic N) is 4. The number of methoxy groups -OCH3 is 1. The summed E-state index contributed by atoms with van der Waals surface area (Å²) in [6.07, 6.45) is 3.60. The van der Waals surface area contributed by atoms with Crippen LogP contribution < -0.4 is 15.0 Å². The summed E-state index contributed by atoms with van der Waals surface area (Å²) >= 11 is 0. The fourth-order valence-corrected chi connectivity index (χ4v) is 3.75. The molecule has 0 aliphatic heterocycles. The van der Waals surface area contributed by atoms with Crippen LogP contribution in [0.4, 0.5) is 17.5 Å². The Labute approximate surface area is 192 Å². The maximum atomic E-state index is 5.29. The molecule has 0 radical (unpaired) electrons. The van der Waals surface area contributed by atoms with Crippen LogP contribution in [0.2, 0.25) is 0 Å². The van der Waals surface area contributed by atoms with Gasteiger partial charge in [-0.25, -0.2) is 4.98 Å². The molecule has 0 saturated heterocycles. The smallest absolute Gasteiger partial charge is 0.225 e. The largest absolute Gasteiger partial charge is 0.497 e. The summed E-state index contributed by atoms with van der Waals surface area (Å²) in [7, 11) is 5.92. The molecule has 1 aromatic heterocycles. The zero-order chi connectivity index (χ0) is 22.9. The molecule has 0 saturated carbocycles. The molecular weight excluding hydrogens is 398 g/mol. The molecule has 0 fully saturated rings. The molecule has 172 valence electrons. The van der Waals surface area contributed by atoms with Gasteiger partial charge >= 0.3 is 0 Å². The molecule has 2 aromatic carbocycles. The number of aromatic nitrogens is 2. The van der Waals surface area contributed by atoms with Gasteiger partial charge in [-0.1, -0.05) is 26.0 Å². The van der Waals surface area contributed by atoms with Gasteiger partial charge in [0, 0.05) is 24.7 Å². The molecule has 1 N–H and O–H groups in total. The zero-order valence-corrected chi connectivity index (χ0v) is 20.1. The van der Waals surface area contributed by atoms with Crippen LogP contribution in [0.25, 0.3) is 10.9 Å². The van der Waals surface area contributed by atoms with E-state index in [2.05, 4.69) is 42.1 Å². The first-order valence-electron chi connectivity index (χ1n) is 11.5. The Morgan fingerprint density at radius 3 is 2.38 bits per heavy atom. The molecule has 0 aliphatic carbocycles.